The van der Waals surface area contributed by atoms with Crippen LogP contribution in [0.3, 0.4) is 0 Å². The van der Waals surface area contributed by atoms with Gasteiger partial charge in [0.1, 0.15) is 5.69 Å². The molecule has 0 unspecified atom stereocenters. The minimum atomic E-state index is -0.0945. The van der Waals surface area contributed by atoms with E-state index in [0.29, 0.717) is 30.4 Å². The third kappa shape index (κ3) is 2.81. The van der Waals surface area contributed by atoms with E-state index in [1.165, 1.54) is 19.3 Å². The number of hydrogen-bond acceptors (Lipinski definition) is 5. The van der Waals surface area contributed by atoms with E-state index in [0.717, 1.165) is 37.0 Å². The molecule has 4 aliphatic carbocycles. The molecule has 0 spiro atoms. The molecule has 0 atom stereocenters. The predicted molar refractivity (Wildman–Crippen MR) is 94.8 cm³/mol. The SMILES string of the molecule is O=C(NCCc1nnc(-c2ccccn2)o1)C12CC3CC(CC(C3)C1)C2. The zero-order chi connectivity index (χ0) is 17.6. The highest BCUT2D eigenvalue weighted by Gasteiger charge is 2.54. The number of carbonyl (C=O) groups excluding carboxylic acids is 1. The fraction of sp³-hybridized carbons (Fsp3) is 0.600. The van der Waals surface area contributed by atoms with Crippen molar-refractivity contribution in [3.63, 3.8) is 0 Å². The number of aromatic nitrogens is 3. The highest BCUT2D eigenvalue weighted by Crippen LogP contribution is 2.60. The number of pyridine rings is 1. The number of hydrogen-bond donors (Lipinski definition) is 1. The molecule has 4 saturated carbocycles. The smallest absolute Gasteiger partial charge is 0.266 e. The minimum absolute atomic E-state index is 0.0945. The predicted octanol–water partition coefficient (Wildman–Crippen LogP) is 3.01. The van der Waals surface area contributed by atoms with Gasteiger partial charge in [-0.25, -0.2) is 0 Å². The zero-order valence-corrected chi connectivity index (χ0v) is 14.9. The van der Waals surface area contributed by atoms with Crippen LogP contribution in [-0.4, -0.2) is 27.6 Å². The Morgan fingerprint density at radius 2 is 1.85 bits per heavy atom. The maximum absolute atomic E-state index is 12.9. The van der Waals surface area contributed by atoms with Crippen LogP contribution in [-0.2, 0) is 11.2 Å². The molecule has 0 aromatic carbocycles. The standard InChI is InChI=1S/C20H24N4O2/c25-19(20-10-13-7-14(11-20)9-15(8-13)12-20)22-6-4-17-23-24-18(26-17)16-3-1-2-5-21-16/h1-3,5,13-15H,4,6-12H2,(H,22,25). The van der Waals surface area contributed by atoms with Gasteiger partial charge in [0.15, 0.2) is 0 Å². The van der Waals surface area contributed by atoms with Crippen molar-refractivity contribution in [1.82, 2.24) is 20.5 Å². The number of rotatable bonds is 5. The summed E-state index contributed by atoms with van der Waals surface area (Å²) < 4.78 is 5.66. The lowest BCUT2D eigenvalue weighted by Gasteiger charge is -2.55. The molecule has 136 valence electrons. The van der Waals surface area contributed by atoms with E-state index in [1.54, 1.807) is 6.20 Å². The fourth-order valence-electron chi connectivity index (χ4n) is 5.81. The van der Waals surface area contributed by atoms with Crippen LogP contribution in [0.2, 0.25) is 0 Å². The summed E-state index contributed by atoms with van der Waals surface area (Å²) in [5.74, 6) is 3.56. The van der Waals surface area contributed by atoms with Crippen LogP contribution in [0, 0.1) is 23.2 Å². The molecule has 4 fully saturated rings. The first-order valence-corrected chi connectivity index (χ1v) is 9.72. The summed E-state index contributed by atoms with van der Waals surface area (Å²) in [6, 6.07) is 5.57. The normalized spacial score (nSPS) is 31.9. The van der Waals surface area contributed by atoms with E-state index >= 15 is 0 Å². The van der Waals surface area contributed by atoms with E-state index in [-0.39, 0.29) is 11.3 Å². The Balaban J connectivity index is 1.19. The Bertz CT molecular complexity index is 766. The van der Waals surface area contributed by atoms with Crippen LogP contribution < -0.4 is 5.32 Å². The second kappa shape index (κ2) is 6.18. The highest BCUT2D eigenvalue weighted by atomic mass is 16.4. The maximum atomic E-state index is 12.9. The van der Waals surface area contributed by atoms with Gasteiger partial charge in [-0.3, -0.25) is 9.78 Å². The van der Waals surface area contributed by atoms with Gasteiger partial charge in [0.2, 0.25) is 11.8 Å². The Morgan fingerprint density at radius 3 is 2.50 bits per heavy atom. The van der Waals surface area contributed by atoms with Crippen molar-refractivity contribution >= 4 is 5.91 Å². The largest absolute Gasteiger partial charge is 0.419 e. The third-order valence-electron chi connectivity index (χ3n) is 6.50. The molecule has 0 saturated heterocycles. The molecule has 26 heavy (non-hydrogen) atoms. The summed E-state index contributed by atoms with van der Waals surface area (Å²) in [5.41, 5.74) is 0.576. The van der Waals surface area contributed by atoms with Crippen molar-refractivity contribution in [2.24, 2.45) is 23.2 Å². The summed E-state index contributed by atoms with van der Waals surface area (Å²) in [7, 11) is 0. The van der Waals surface area contributed by atoms with Crippen molar-refractivity contribution in [1.29, 1.82) is 0 Å². The fourth-order valence-corrected chi connectivity index (χ4v) is 5.81. The van der Waals surface area contributed by atoms with Crippen LogP contribution >= 0.6 is 0 Å². The quantitative estimate of drug-likeness (QED) is 0.894. The van der Waals surface area contributed by atoms with Gasteiger partial charge in [0, 0.05) is 24.6 Å². The van der Waals surface area contributed by atoms with Crippen molar-refractivity contribution in [3.05, 3.63) is 30.3 Å². The monoisotopic (exact) mass is 352 g/mol. The zero-order valence-electron chi connectivity index (χ0n) is 14.9. The summed E-state index contributed by atoms with van der Waals surface area (Å²) in [4.78, 5) is 17.1. The van der Waals surface area contributed by atoms with Crippen LogP contribution in [0.5, 0.6) is 0 Å². The maximum Gasteiger partial charge on any atom is 0.266 e. The molecule has 6 nitrogen and oxygen atoms in total. The topological polar surface area (TPSA) is 80.9 Å². The average molecular weight is 352 g/mol. The first-order chi connectivity index (χ1) is 12.7. The van der Waals surface area contributed by atoms with Gasteiger partial charge in [0.05, 0.1) is 0 Å². The second-order valence-corrected chi connectivity index (χ2v) is 8.42. The summed E-state index contributed by atoms with van der Waals surface area (Å²) >= 11 is 0. The van der Waals surface area contributed by atoms with Gasteiger partial charge in [0.25, 0.3) is 5.89 Å². The molecule has 1 N–H and O–H groups in total. The molecule has 6 heteroatoms. The Kier molecular flexibility index (Phi) is 3.80. The van der Waals surface area contributed by atoms with Crippen LogP contribution in [0.1, 0.15) is 44.4 Å². The molecule has 2 heterocycles. The first kappa shape index (κ1) is 16.0. The summed E-state index contributed by atoms with van der Waals surface area (Å²) in [5, 5.41) is 11.3. The third-order valence-corrected chi connectivity index (χ3v) is 6.50. The molecule has 6 rings (SSSR count). The number of nitrogens with zero attached hydrogens (tertiary/aromatic N) is 3. The van der Waals surface area contributed by atoms with Gasteiger partial charge in [-0.1, -0.05) is 6.07 Å². The van der Waals surface area contributed by atoms with E-state index in [1.807, 2.05) is 18.2 Å². The Hall–Kier alpha value is -2.24. The van der Waals surface area contributed by atoms with Gasteiger partial charge in [-0.15, -0.1) is 10.2 Å². The van der Waals surface area contributed by atoms with E-state index in [4.69, 9.17) is 4.42 Å². The van der Waals surface area contributed by atoms with Gasteiger partial charge in [-0.2, -0.15) is 0 Å². The van der Waals surface area contributed by atoms with Crippen molar-refractivity contribution < 1.29 is 9.21 Å². The molecule has 1 amide bonds. The van der Waals surface area contributed by atoms with Crippen LogP contribution in [0.15, 0.2) is 28.8 Å². The average Bonchev–Trinajstić information content (AvgIpc) is 3.10. The van der Waals surface area contributed by atoms with Crippen molar-refractivity contribution in [3.8, 4) is 11.6 Å². The second-order valence-electron chi connectivity index (χ2n) is 8.42. The van der Waals surface area contributed by atoms with E-state index < -0.39 is 0 Å². The lowest BCUT2D eigenvalue weighted by Crippen LogP contribution is -2.53. The van der Waals surface area contributed by atoms with E-state index in [2.05, 4.69) is 20.5 Å². The lowest BCUT2D eigenvalue weighted by atomic mass is 9.49. The molecular weight excluding hydrogens is 328 g/mol. The van der Waals surface area contributed by atoms with Crippen LogP contribution in [0.4, 0.5) is 0 Å². The number of amides is 1. The highest BCUT2D eigenvalue weighted by molar-refractivity contribution is 5.83. The van der Waals surface area contributed by atoms with E-state index in [9.17, 15) is 4.79 Å². The molecule has 0 aliphatic heterocycles. The van der Waals surface area contributed by atoms with Crippen molar-refractivity contribution in [2.75, 3.05) is 6.54 Å². The molecule has 4 aliphatic rings. The van der Waals surface area contributed by atoms with Gasteiger partial charge >= 0.3 is 0 Å². The van der Waals surface area contributed by atoms with Gasteiger partial charge < -0.3 is 9.73 Å². The van der Waals surface area contributed by atoms with Crippen molar-refractivity contribution in [2.45, 2.75) is 44.9 Å². The van der Waals surface area contributed by atoms with Gasteiger partial charge in [-0.05, 0) is 68.4 Å². The number of carbonyl (C=O) groups is 1. The first-order valence-electron chi connectivity index (χ1n) is 9.72. The molecular formula is C20H24N4O2. The molecule has 2 aromatic heterocycles. The summed E-state index contributed by atoms with van der Waals surface area (Å²) in [6.07, 6.45) is 9.59. The number of nitrogens with one attached hydrogen (secondary N) is 1. The minimum Gasteiger partial charge on any atom is -0.419 e. The molecule has 4 bridgehead atoms. The summed E-state index contributed by atoms with van der Waals surface area (Å²) in [6.45, 7) is 0.546. The Labute approximate surface area is 152 Å². The van der Waals surface area contributed by atoms with Crippen LogP contribution in [0.25, 0.3) is 11.6 Å². The lowest BCUT2D eigenvalue weighted by molar-refractivity contribution is -0.146. The Morgan fingerprint density at radius 1 is 1.12 bits per heavy atom. The molecule has 2 aromatic rings. The molecule has 0 radical (unpaired) electrons.